The summed E-state index contributed by atoms with van der Waals surface area (Å²) in [6.07, 6.45) is 0.785. The first-order valence-corrected chi connectivity index (χ1v) is 11.9. The lowest BCUT2D eigenvalue weighted by Gasteiger charge is -2.50. The molecule has 6 nitrogen and oxygen atoms in total. The van der Waals surface area contributed by atoms with Gasteiger partial charge in [-0.05, 0) is 42.8 Å². The number of anilines is 1. The first kappa shape index (κ1) is 23.2. The van der Waals surface area contributed by atoms with Gasteiger partial charge in [-0.25, -0.2) is 9.18 Å². The van der Waals surface area contributed by atoms with Crippen molar-refractivity contribution in [3.63, 3.8) is 0 Å². The summed E-state index contributed by atoms with van der Waals surface area (Å²) >= 11 is 6.09. The quantitative estimate of drug-likeness (QED) is 0.498. The number of nitrogens with zero attached hydrogens (tertiary/aromatic N) is 2. The Kier molecular flexibility index (Phi) is 6.11. The predicted octanol–water partition coefficient (Wildman–Crippen LogP) is 5.85. The molecular weight excluding hydrogens is 469 g/mol. The molecule has 2 heterocycles. The number of amides is 3. The number of piperidine rings is 1. The Morgan fingerprint density at radius 3 is 2.57 bits per heavy atom. The minimum atomic E-state index is -0.976. The van der Waals surface area contributed by atoms with Crippen LogP contribution in [0.3, 0.4) is 0 Å². The maximum atomic E-state index is 14.5. The number of carbonyl (C=O) groups excluding carboxylic acids is 2. The highest BCUT2D eigenvalue weighted by atomic mass is 35.5. The van der Waals surface area contributed by atoms with Gasteiger partial charge in [0.25, 0.3) is 5.91 Å². The second kappa shape index (κ2) is 9.23. The molecule has 0 atom stereocenters. The zero-order chi connectivity index (χ0) is 24.6. The number of benzene rings is 3. The number of rotatable bonds is 3. The van der Waals surface area contributed by atoms with Crippen LogP contribution in [0.25, 0.3) is 0 Å². The molecule has 3 aromatic rings. The van der Waals surface area contributed by atoms with Crippen LogP contribution in [0.1, 0.15) is 34.3 Å². The Balaban J connectivity index is 1.38. The minimum Gasteiger partial charge on any atom is -0.467 e. The van der Waals surface area contributed by atoms with Crippen LogP contribution in [0.2, 0.25) is 5.02 Å². The standard InChI is InChI=1S/C27H25ClFN3O3/c1-18-10-11-20(28)16-23(18)30-26(34)31-14-12-27(13-15-31)32(17-19-6-2-4-8-22(19)29)25(33)21-7-3-5-9-24(21)35-27/h2-11,16H,12-15,17H2,1H3,(H,30,34). The third-order valence-electron chi connectivity index (χ3n) is 6.71. The molecule has 5 rings (SSSR count). The van der Waals surface area contributed by atoms with Crippen molar-refractivity contribution in [2.75, 3.05) is 18.4 Å². The minimum absolute atomic E-state index is 0.0771. The highest BCUT2D eigenvalue weighted by Gasteiger charge is 2.49. The molecule has 2 aliphatic heterocycles. The van der Waals surface area contributed by atoms with E-state index < -0.39 is 5.72 Å². The van der Waals surface area contributed by atoms with Gasteiger partial charge in [0.2, 0.25) is 0 Å². The monoisotopic (exact) mass is 493 g/mol. The molecule has 180 valence electrons. The first-order valence-electron chi connectivity index (χ1n) is 11.5. The van der Waals surface area contributed by atoms with Crippen LogP contribution in [-0.4, -0.2) is 40.6 Å². The molecule has 8 heteroatoms. The van der Waals surface area contributed by atoms with Gasteiger partial charge in [0, 0.05) is 42.2 Å². The molecule has 0 saturated carbocycles. The summed E-state index contributed by atoms with van der Waals surface area (Å²) in [5.41, 5.74) is 1.45. The molecule has 3 amide bonds. The van der Waals surface area contributed by atoms with E-state index in [1.165, 1.54) is 6.07 Å². The summed E-state index contributed by atoms with van der Waals surface area (Å²) < 4.78 is 21.0. The third-order valence-corrected chi connectivity index (χ3v) is 6.95. The smallest absolute Gasteiger partial charge is 0.321 e. The number of para-hydroxylation sites is 1. The molecule has 0 aliphatic carbocycles. The molecular formula is C27H25ClFN3O3. The summed E-state index contributed by atoms with van der Waals surface area (Å²) in [4.78, 5) is 29.8. The molecule has 0 aromatic heterocycles. The van der Waals surface area contributed by atoms with Gasteiger partial charge in [0.1, 0.15) is 11.6 Å². The lowest BCUT2D eigenvalue weighted by Crippen LogP contribution is -2.63. The average molecular weight is 494 g/mol. The van der Waals surface area contributed by atoms with Crippen molar-refractivity contribution in [2.24, 2.45) is 0 Å². The van der Waals surface area contributed by atoms with E-state index in [2.05, 4.69) is 5.32 Å². The molecule has 0 unspecified atom stereocenters. The Morgan fingerprint density at radius 2 is 1.80 bits per heavy atom. The predicted molar refractivity (Wildman–Crippen MR) is 132 cm³/mol. The summed E-state index contributed by atoms with van der Waals surface area (Å²) in [7, 11) is 0. The Labute approximate surface area is 208 Å². The molecule has 3 aromatic carbocycles. The van der Waals surface area contributed by atoms with Crippen LogP contribution in [0.4, 0.5) is 14.9 Å². The van der Waals surface area contributed by atoms with Gasteiger partial charge in [0.15, 0.2) is 5.72 Å². The van der Waals surface area contributed by atoms with E-state index >= 15 is 0 Å². The largest absolute Gasteiger partial charge is 0.467 e. The SMILES string of the molecule is Cc1ccc(Cl)cc1NC(=O)N1CCC2(CC1)Oc1ccccc1C(=O)N2Cc1ccccc1F. The zero-order valence-corrected chi connectivity index (χ0v) is 20.0. The second-order valence-electron chi connectivity index (χ2n) is 8.90. The van der Waals surface area contributed by atoms with E-state index in [-0.39, 0.29) is 24.3 Å². The van der Waals surface area contributed by atoms with E-state index in [0.717, 1.165) is 5.56 Å². The van der Waals surface area contributed by atoms with E-state index in [1.54, 1.807) is 58.3 Å². The molecule has 1 saturated heterocycles. The topological polar surface area (TPSA) is 61.9 Å². The van der Waals surface area contributed by atoms with Crippen LogP contribution < -0.4 is 10.1 Å². The lowest BCUT2D eigenvalue weighted by molar-refractivity contribution is -0.109. The average Bonchev–Trinajstić information content (AvgIpc) is 2.85. The molecule has 0 radical (unpaired) electrons. The van der Waals surface area contributed by atoms with Crippen molar-refractivity contribution in [2.45, 2.75) is 32.0 Å². The van der Waals surface area contributed by atoms with Crippen molar-refractivity contribution >= 4 is 29.2 Å². The third kappa shape index (κ3) is 4.44. The molecule has 1 fully saturated rings. The van der Waals surface area contributed by atoms with E-state index in [9.17, 15) is 14.0 Å². The maximum absolute atomic E-state index is 14.5. The van der Waals surface area contributed by atoms with Crippen LogP contribution in [-0.2, 0) is 6.54 Å². The van der Waals surface area contributed by atoms with Gasteiger partial charge < -0.3 is 15.0 Å². The highest BCUT2D eigenvalue weighted by molar-refractivity contribution is 6.31. The Hall–Kier alpha value is -3.58. The van der Waals surface area contributed by atoms with E-state index in [1.807, 2.05) is 19.1 Å². The molecule has 0 bridgehead atoms. The zero-order valence-electron chi connectivity index (χ0n) is 19.3. The number of halogens is 2. The van der Waals surface area contributed by atoms with Gasteiger partial charge >= 0.3 is 6.03 Å². The Morgan fingerprint density at radius 1 is 1.09 bits per heavy atom. The number of ether oxygens (including phenoxy) is 1. The highest BCUT2D eigenvalue weighted by Crippen LogP contribution is 2.40. The number of carbonyl (C=O) groups is 2. The molecule has 2 aliphatic rings. The number of hydrogen-bond acceptors (Lipinski definition) is 3. The normalized spacial score (nSPS) is 16.6. The number of nitrogens with one attached hydrogen (secondary N) is 1. The van der Waals surface area contributed by atoms with Gasteiger partial charge in [-0.3, -0.25) is 9.69 Å². The molecule has 35 heavy (non-hydrogen) atoms. The van der Waals surface area contributed by atoms with Crippen molar-refractivity contribution in [3.8, 4) is 5.75 Å². The van der Waals surface area contributed by atoms with Gasteiger partial charge in [-0.1, -0.05) is 48.0 Å². The fourth-order valence-corrected chi connectivity index (χ4v) is 4.86. The Bertz CT molecular complexity index is 1290. The van der Waals surface area contributed by atoms with Crippen LogP contribution in [0.15, 0.2) is 66.7 Å². The molecule has 1 N–H and O–H groups in total. The van der Waals surface area contributed by atoms with E-state index in [4.69, 9.17) is 16.3 Å². The van der Waals surface area contributed by atoms with Crippen LogP contribution in [0.5, 0.6) is 5.75 Å². The van der Waals surface area contributed by atoms with Crippen LogP contribution in [0, 0.1) is 12.7 Å². The summed E-state index contributed by atoms with van der Waals surface area (Å²) in [5.74, 6) is -0.0692. The van der Waals surface area contributed by atoms with Gasteiger partial charge in [-0.15, -0.1) is 0 Å². The molecule has 1 spiro atoms. The van der Waals surface area contributed by atoms with Crippen LogP contribution >= 0.6 is 11.6 Å². The summed E-state index contributed by atoms with van der Waals surface area (Å²) in [6.45, 7) is 2.72. The fourth-order valence-electron chi connectivity index (χ4n) is 4.69. The lowest BCUT2D eigenvalue weighted by atomic mass is 9.93. The first-order chi connectivity index (χ1) is 16.9. The number of aryl methyl sites for hydroxylation is 1. The fraction of sp³-hybridized carbons (Fsp3) is 0.259. The number of urea groups is 1. The van der Waals surface area contributed by atoms with Gasteiger partial charge in [-0.2, -0.15) is 0 Å². The second-order valence-corrected chi connectivity index (χ2v) is 9.34. The maximum Gasteiger partial charge on any atom is 0.321 e. The van der Waals surface area contributed by atoms with E-state index in [0.29, 0.717) is 53.5 Å². The number of fused-ring (bicyclic) bond motifs is 1. The van der Waals surface area contributed by atoms with Crippen molar-refractivity contribution < 1.29 is 18.7 Å². The number of hydrogen-bond donors (Lipinski definition) is 1. The van der Waals surface area contributed by atoms with Crippen molar-refractivity contribution in [3.05, 3.63) is 94.3 Å². The number of likely N-dealkylation sites (tertiary alicyclic amines) is 1. The van der Waals surface area contributed by atoms with Crippen molar-refractivity contribution in [1.82, 2.24) is 9.80 Å². The summed E-state index contributed by atoms with van der Waals surface area (Å²) in [5, 5.41) is 3.47. The summed E-state index contributed by atoms with van der Waals surface area (Å²) in [6, 6.07) is 18.6. The van der Waals surface area contributed by atoms with Gasteiger partial charge in [0.05, 0.1) is 12.1 Å². The van der Waals surface area contributed by atoms with Crippen molar-refractivity contribution in [1.29, 1.82) is 0 Å².